The molecule has 9 heteroatoms. The Morgan fingerprint density at radius 2 is 1.78 bits per heavy atom. The van der Waals surface area contributed by atoms with Gasteiger partial charge >= 0.3 is 0 Å². The Labute approximate surface area is 187 Å². The summed E-state index contributed by atoms with van der Waals surface area (Å²) in [5.41, 5.74) is 1.28. The molecule has 5 rings (SSSR count). The maximum Gasteiger partial charge on any atom is 0.255 e. The molecule has 0 aliphatic carbocycles. The van der Waals surface area contributed by atoms with E-state index in [4.69, 9.17) is 4.98 Å². The molecule has 1 aromatic carbocycles. The molecular weight excluding hydrogens is 426 g/mol. The summed E-state index contributed by atoms with van der Waals surface area (Å²) in [6.07, 6.45) is 5.23. The van der Waals surface area contributed by atoms with Gasteiger partial charge in [0.1, 0.15) is 0 Å². The first-order valence-corrected chi connectivity index (χ1v) is 12.2. The van der Waals surface area contributed by atoms with Gasteiger partial charge < -0.3 is 4.90 Å². The van der Waals surface area contributed by atoms with Gasteiger partial charge in [0.15, 0.2) is 0 Å². The van der Waals surface area contributed by atoms with E-state index in [0.29, 0.717) is 29.6 Å². The number of anilines is 1. The molecule has 32 heavy (non-hydrogen) atoms. The van der Waals surface area contributed by atoms with Crippen LogP contribution in [0.5, 0.6) is 0 Å². The Bertz CT molecular complexity index is 1280. The lowest BCUT2D eigenvalue weighted by molar-refractivity contribution is 0.375. The van der Waals surface area contributed by atoms with Gasteiger partial charge in [-0.05, 0) is 43.0 Å². The van der Waals surface area contributed by atoms with Gasteiger partial charge in [-0.3, -0.25) is 14.3 Å². The van der Waals surface area contributed by atoms with Crippen LogP contribution < -0.4 is 10.5 Å². The van der Waals surface area contributed by atoms with Crippen molar-refractivity contribution in [3.63, 3.8) is 0 Å². The monoisotopic (exact) mass is 451 g/mol. The standard InChI is InChI=1S/C23H25N5O3S/c1-26-22(29)14-20(17-9-11-24-12-10-17)25-23(26)28-13-5-6-18-15-27(16-21(18)28)32(30,31)19-7-3-2-4-8-19/h2-4,7-12,14,18,21H,5-6,13,15-16H2,1H3/t18?,21-/m0/s1. The molecule has 0 saturated carbocycles. The number of fused-ring (bicyclic) bond motifs is 1. The third kappa shape index (κ3) is 3.61. The SMILES string of the molecule is Cn1c(N2CCCC3CN(S(=O)(=O)c4ccccc4)C[C@@H]32)nc(-c2ccncc2)cc1=O. The second kappa shape index (κ2) is 8.14. The minimum Gasteiger partial charge on any atom is -0.338 e. The topological polar surface area (TPSA) is 88.4 Å². The van der Waals surface area contributed by atoms with Crippen molar-refractivity contribution >= 4 is 16.0 Å². The van der Waals surface area contributed by atoms with Crippen molar-refractivity contribution in [2.75, 3.05) is 24.5 Å². The van der Waals surface area contributed by atoms with Gasteiger partial charge in [-0.25, -0.2) is 13.4 Å². The lowest BCUT2D eigenvalue weighted by Gasteiger charge is -2.38. The van der Waals surface area contributed by atoms with Gasteiger partial charge in [-0.15, -0.1) is 0 Å². The van der Waals surface area contributed by atoms with Crippen molar-refractivity contribution < 1.29 is 8.42 Å². The first-order valence-electron chi connectivity index (χ1n) is 10.8. The second-order valence-electron chi connectivity index (χ2n) is 8.37. The van der Waals surface area contributed by atoms with Gasteiger partial charge in [0, 0.05) is 56.7 Å². The maximum atomic E-state index is 13.2. The number of sulfonamides is 1. The van der Waals surface area contributed by atoms with Gasteiger partial charge in [-0.2, -0.15) is 4.31 Å². The van der Waals surface area contributed by atoms with E-state index in [-0.39, 0.29) is 17.5 Å². The van der Waals surface area contributed by atoms with E-state index >= 15 is 0 Å². The molecule has 3 aromatic rings. The summed E-state index contributed by atoms with van der Waals surface area (Å²) in [7, 11) is -1.84. The third-order valence-corrected chi connectivity index (χ3v) is 8.32. The van der Waals surface area contributed by atoms with Crippen LogP contribution in [0, 0.1) is 5.92 Å². The molecule has 2 aromatic heterocycles. The Kier molecular flexibility index (Phi) is 5.30. The fourth-order valence-corrected chi connectivity index (χ4v) is 6.32. The fraction of sp³-hybridized carbons (Fsp3) is 0.348. The molecule has 0 N–H and O–H groups in total. The smallest absolute Gasteiger partial charge is 0.255 e. The quantitative estimate of drug-likeness (QED) is 0.604. The Morgan fingerprint density at radius 3 is 2.53 bits per heavy atom. The van der Waals surface area contributed by atoms with E-state index in [2.05, 4.69) is 9.88 Å². The molecule has 1 unspecified atom stereocenters. The minimum absolute atomic E-state index is 0.0203. The van der Waals surface area contributed by atoms with Crippen molar-refractivity contribution in [2.24, 2.45) is 13.0 Å². The maximum absolute atomic E-state index is 13.2. The van der Waals surface area contributed by atoms with Crippen LogP contribution in [-0.2, 0) is 17.1 Å². The number of nitrogens with zero attached hydrogens (tertiary/aromatic N) is 5. The summed E-state index contributed by atoms with van der Waals surface area (Å²) < 4.78 is 29.6. The van der Waals surface area contributed by atoms with Crippen LogP contribution in [0.25, 0.3) is 11.3 Å². The van der Waals surface area contributed by atoms with Crippen LogP contribution in [0.1, 0.15) is 12.8 Å². The van der Waals surface area contributed by atoms with E-state index in [1.165, 1.54) is 6.07 Å². The normalized spacial score (nSPS) is 21.5. The molecular formula is C23H25N5O3S. The highest BCUT2D eigenvalue weighted by Crippen LogP contribution is 2.35. The van der Waals surface area contributed by atoms with Gasteiger partial charge in [0.25, 0.3) is 5.56 Å². The Balaban J connectivity index is 1.50. The molecule has 2 aliphatic heterocycles. The molecule has 8 nitrogen and oxygen atoms in total. The molecule has 0 radical (unpaired) electrons. The molecule has 2 saturated heterocycles. The molecule has 4 heterocycles. The van der Waals surface area contributed by atoms with Gasteiger partial charge in [0.2, 0.25) is 16.0 Å². The van der Waals surface area contributed by atoms with Crippen molar-refractivity contribution in [3.05, 3.63) is 71.3 Å². The van der Waals surface area contributed by atoms with Crippen molar-refractivity contribution in [2.45, 2.75) is 23.8 Å². The van der Waals surface area contributed by atoms with Crippen LogP contribution in [0.15, 0.2) is 70.6 Å². The minimum atomic E-state index is -3.56. The number of hydrogen-bond donors (Lipinski definition) is 0. The predicted octanol–water partition coefficient (Wildman–Crippen LogP) is 2.13. The highest BCUT2D eigenvalue weighted by molar-refractivity contribution is 7.89. The molecule has 2 aliphatic rings. The summed E-state index contributed by atoms with van der Waals surface area (Å²) in [5.74, 6) is 0.779. The first-order chi connectivity index (χ1) is 15.4. The van der Waals surface area contributed by atoms with Crippen molar-refractivity contribution in [1.82, 2.24) is 18.8 Å². The number of pyridine rings is 1. The fourth-order valence-electron chi connectivity index (χ4n) is 4.78. The highest BCUT2D eigenvalue weighted by Gasteiger charge is 2.44. The van der Waals surface area contributed by atoms with Crippen LogP contribution >= 0.6 is 0 Å². The van der Waals surface area contributed by atoms with E-state index in [1.54, 1.807) is 52.6 Å². The zero-order valence-corrected chi connectivity index (χ0v) is 18.6. The summed E-state index contributed by atoms with van der Waals surface area (Å²) in [6, 6.07) is 13.7. The summed E-state index contributed by atoms with van der Waals surface area (Å²) in [5, 5.41) is 0. The van der Waals surface area contributed by atoms with Crippen molar-refractivity contribution in [3.8, 4) is 11.3 Å². The van der Waals surface area contributed by atoms with Gasteiger partial charge in [0.05, 0.1) is 10.6 Å². The van der Waals surface area contributed by atoms with Crippen LogP contribution in [-0.4, -0.2) is 52.9 Å². The van der Waals surface area contributed by atoms with E-state index in [9.17, 15) is 13.2 Å². The van der Waals surface area contributed by atoms with E-state index in [1.807, 2.05) is 18.2 Å². The Morgan fingerprint density at radius 1 is 1.03 bits per heavy atom. The molecule has 0 amide bonds. The number of aromatic nitrogens is 3. The third-order valence-electron chi connectivity index (χ3n) is 6.47. The highest BCUT2D eigenvalue weighted by atomic mass is 32.2. The van der Waals surface area contributed by atoms with E-state index < -0.39 is 10.0 Å². The zero-order chi connectivity index (χ0) is 22.3. The number of rotatable bonds is 4. The summed E-state index contributed by atoms with van der Waals surface area (Å²) in [4.78, 5) is 24.1. The number of benzene rings is 1. The average molecular weight is 452 g/mol. The second-order valence-corrected chi connectivity index (χ2v) is 10.3. The first kappa shape index (κ1) is 20.8. The zero-order valence-electron chi connectivity index (χ0n) is 17.8. The predicted molar refractivity (Wildman–Crippen MR) is 122 cm³/mol. The van der Waals surface area contributed by atoms with Crippen LogP contribution in [0.4, 0.5) is 5.95 Å². The lowest BCUT2D eigenvalue weighted by atomic mass is 9.92. The van der Waals surface area contributed by atoms with Crippen LogP contribution in [0.3, 0.4) is 0 Å². The molecule has 0 spiro atoms. The number of piperidine rings is 1. The molecule has 2 fully saturated rings. The molecule has 0 bridgehead atoms. The van der Waals surface area contributed by atoms with E-state index in [0.717, 1.165) is 24.9 Å². The largest absolute Gasteiger partial charge is 0.338 e. The van der Waals surface area contributed by atoms with Crippen LogP contribution in [0.2, 0.25) is 0 Å². The average Bonchev–Trinajstić information content (AvgIpc) is 3.27. The summed E-state index contributed by atoms with van der Waals surface area (Å²) in [6.45, 7) is 1.61. The summed E-state index contributed by atoms with van der Waals surface area (Å²) >= 11 is 0. The Hall–Kier alpha value is -3.04. The van der Waals surface area contributed by atoms with Crippen molar-refractivity contribution in [1.29, 1.82) is 0 Å². The molecule has 166 valence electrons. The number of hydrogen-bond acceptors (Lipinski definition) is 6. The molecule has 2 atom stereocenters. The van der Waals surface area contributed by atoms with Gasteiger partial charge in [-0.1, -0.05) is 18.2 Å². The lowest BCUT2D eigenvalue weighted by Crippen LogP contribution is -2.48.